The molecule has 4 heteroatoms. The Morgan fingerprint density at radius 3 is 2.29 bits per heavy atom. The topological polar surface area (TPSA) is 35.5 Å². The molecule has 0 atom stereocenters. The number of allylic oxidation sites excluding steroid dienone is 4. The van der Waals surface area contributed by atoms with Crippen LogP contribution in [0.4, 0.5) is 0 Å². The van der Waals surface area contributed by atoms with Crippen LogP contribution >= 0.6 is 15.9 Å². The summed E-state index contributed by atoms with van der Waals surface area (Å²) in [6, 6.07) is 0. The van der Waals surface area contributed by atoms with E-state index < -0.39 is 11.0 Å². The highest BCUT2D eigenvalue weighted by Gasteiger charge is 2.31. The number of carbonyl (C=O) groups excluding carboxylic acids is 1. The van der Waals surface area contributed by atoms with E-state index in [4.69, 9.17) is 9.47 Å². The van der Waals surface area contributed by atoms with E-state index in [9.17, 15) is 4.79 Å². The van der Waals surface area contributed by atoms with Crippen molar-refractivity contribution < 1.29 is 14.3 Å². The Morgan fingerprint density at radius 2 is 1.75 bits per heavy atom. The van der Waals surface area contributed by atoms with Crippen molar-refractivity contribution in [3.05, 3.63) is 35.0 Å². The smallest absolute Gasteiger partial charge is 0.312 e. The number of hydrogen-bond donors (Lipinski definition) is 0. The average molecular weight is 401 g/mol. The Labute approximate surface area is 156 Å². The Balaban J connectivity index is 3.93. The number of halogens is 1. The molecule has 0 bridgehead atoms. The molecule has 0 aliphatic rings. The van der Waals surface area contributed by atoms with E-state index >= 15 is 0 Å². The van der Waals surface area contributed by atoms with Gasteiger partial charge in [-0.3, -0.25) is 4.79 Å². The number of carbonyl (C=O) groups is 1. The van der Waals surface area contributed by atoms with Crippen molar-refractivity contribution in [1.29, 1.82) is 0 Å². The highest BCUT2D eigenvalue weighted by atomic mass is 79.9. The molecule has 0 aromatic rings. The molecule has 0 aromatic carbocycles. The lowest BCUT2D eigenvalue weighted by Crippen LogP contribution is -2.33. The highest BCUT2D eigenvalue weighted by Crippen LogP contribution is 2.27. The second-order valence-corrected chi connectivity index (χ2v) is 8.87. The first-order valence-corrected chi connectivity index (χ1v) is 9.29. The SMILES string of the molecule is C=C(/C=C\C=C(/C)Br)OCCCCCC(C)(C)C(=O)OC(C)(C)C. The van der Waals surface area contributed by atoms with E-state index in [1.54, 1.807) is 0 Å². The summed E-state index contributed by atoms with van der Waals surface area (Å²) in [5, 5.41) is 0. The molecule has 0 fully saturated rings. The third kappa shape index (κ3) is 12.4. The first-order chi connectivity index (χ1) is 10.9. The summed E-state index contributed by atoms with van der Waals surface area (Å²) in [5.41, 5.74) is -0.876. The maximum atomic E-state index is 12.2. The molecule has 0 radical (unpaired) electrons. The molecular formula is C20H33BrO3. The molecule has 0 aliphatic carbocycles. The van der Waals surface area contributed by atoms with Crippen LogP contribution in [-0.2, 0) is 14.3 Å². The lowest BCUT2D eigenvalue weighted by Gasteiger charge is -2.28. The normalized spacial score (nSPS) is 13.2. The van der Waals surface area contributed by atoms with Gasteiger partial charge in [0.2, 0.25) is 0 Å². The molecule has 0 spiro atoms. The maximum Gasteiger partial charge on any atom is 0.312 e. The van der Waals surface area contributed by atoms with Crippen molar-refractivity contribution in [3.8, 4) is 0 Å². The third-order valence-electron chi connectivity index (χ3n) is 3.29. The van der Waals surface area contributed by atoms with Crippen LogP contribution < -0.4 is 0 Å². The van der Waals surface area contributed by atoms with E-state index in [1.165, 1.54) is 0 Å². The molecule has 0 unspecified atom stereocenters. The van der Waals surface area contributed by atoms with Gasteiger partial charge in [-0.15, -0.1) is 0 Å². The van der Waals surface area contributed by atoms with Crippen LogP contribution in [-0.4, -0.2) is 18.2 Å². The van der Waals surface area contributed by atoms with E-state index in [0.717, 1.165) is 30.2 Å². The Morgan fingerprint density at radius 1 is 1.12 bits per heavy atom. The molecule has 0 N–H and O–H groups in total. The minimum Gasteiger partial charge on any atom is -0.494 e. The second-order valence-electron chi connectivity index (χ2n) is 7.62. The van der Waals surface area contributed by atoms with Gasteiger partial charge in [-0.05, 0) is 64.9 Å². The second kappa shape index (κ2) is 10.8. The van der Waals surface area contributed by atoms with Crippen molar-refractivity contribution in [2.45, 2.75) is 72.8 Å². The van der Waals surface area contributed by atoms with Crippen LogP contribution in [0.5, 0.6) is 0 Å². The van der Waals surface area contributed by atoms with Gasteiger partial charge in [-0.2, -0.15) is 0 Å². The summed E-state index contributed by atoms with van der Waals surface area (Å²) in [6.07, 6.45) is 9.44. The van der Waals surface area contributed by atoms with Crippen LogP contribution in [0, 0.1) is 5.41 Å². The third-order valence-corrected chi connectivity index (χ3v) is 3.56. The van der Waals surface area contributed by atoms with Crippen LogP contribution in [0.1, 0.15) is 67.2 Å². The largest absolute Gasteiger partial charge is 0.494 e. The molecule has 0 saturated carbocycles. The van der Waals surface area contributed by atoms with Gasteiger partial charge in [0, 0.05) is 0 Å². The fourth-order valence-corrected chi connectivity index (χ4v) is 2.06. The molecule has 0 aliphatic heterocycles. The standard InChI is InChI=1S/C20H33BrO3/c1-16(21)12-11-13-17(2)23-15-10-8-9-14-20(6,7)18(22)24-19(3,4)5/h11-13H,2,8-10,14-15H2,1,3-7H3/b13-11-,16-12+. The van der Waals surface area contributed by atoms with E-state index in [1.807, 2.05) is 59.8 Å². The number of rotatable bonds is 10. The van der Waals surface area contributed by atoms with Crippen molar-refractivity contribution >= 4 is 21.9 Å². The summed E-state index contributed by atoms with van der Waals surface area (Å²) in [6.45, 7) is 16.1. The van der Waals surface area contributed by atoms with Gasteiger partial charge in [0.05, 0.1) is 12.0 Å². The molecule has 0 rings (SSSR count). The van der Waals surface area contributed by atoms with Crippen LogP contribution in [0.25, 0.3) is 0 Å². The summed E-state index contributed by atoms with van der Waals surface area (Å²) in [5.74, 6) is 0.536. The van der Waals surface area contributed by atoms with Gasteiger partial charge in [-0.1, -0.05) is 47.5 Å². The van der Waals surface area contributed by atoms with Gasteiger partial charge >= 0.3 is 5.97 Å². The summed E-state index contributed by atoms with van der Waals surface area (Å²) in [7, 11) is 0. The van der Waals surface area contributed by atoms with Crippen molar-refractivity contribution in [3.63, 3.8) is 0 Å². The first kappa shape index (κ1) is 23.0. The van der Waals surface area contributed by atoms with Gasteiger partial charge in [-0.25, -0.2) is 0 Å². The van der Waals surface area contributed by atoms with Crippen molar-refractivity contribution in [2.75, 3.05) is 6.61 Å². The predicted molar refractivity (Wildman–Crippen MR) is 105 cm³/mol. The highest BCUT2D eigenvalue weighted by molar-refractivity contribution is 9.11. The van der Waals surface area contributed by atoms with Gasteiger partial charge in [0.15, 0.2) is 0 Å². The molecule has 0 amide bonds. The minimum absolute atomic E-state index is 0.125. The molecule has 138 valence electrons. The summed E-state index contributed by atoms with van der Waals surface area (Å²) >= 11 is 3.35. The van der Waals surface area contributed by atoms with Crippen LogP contribution in [0.3, 0.4) is 0 Å². The summed E-state index contributed by atoms with van der Waals surface area (Å²) in [4.78, 5) is 12.2. The Kier molecular flexibility index (Phi) is 10.3. The predicted octanol–water partition coefficient (Wildman–Crippen LogP) is 6.30. The van der Waals surface area contributed by atoms with E-state index in [-0.39, 0.29) is 5.97 Å². The van der Waals surface area contributed by atoms with Crippen LogP contribution in [0.15, 0.2) is 35.0 Å². The lowest BCUT2D eigenvalue weighted by molar-refractivity contribution is -0.166. The van der Waals surface area contributed by atoms with E-state index in [0.29, 0.717) is 12.4 Å². The molecule has 0 aromatic heterocycles. The zero-order valence-corrected chi connectivity index (χ0v) is 17.7. The van der Waals surface area contributed by atoms with E-state index in [2.05, 4.69) is 22.5 Å². The van der Waals surface area contributed by atoms with Crippen molar-refractivity contribution in [1.82, 2.24) is 0 Å². The molecule has 3 nitrogen and oxygen atoms in total. The fourth-order valence-electron chi connectivity index (χ4n) is 1.90. The van der Waals surface area contributed by atoms with Gasteiger partial charge in [0.25, 0.3) is 0 Å². The lowest BCUT2D eigenvalue weighted by atomic mass is 9.87. The monoisotopic (exact) mass is 400 g/mol. The number of unbranched alkanes of at least 4 members (excludes halogenated alkanes) is 2. The number of hydrogen-bond acceptors (Lipinski definition) is 3. The number of ether oxygens (including phenoxy) is 2. The average Bonchev–Trinajstić information content (AvgIpc) is 2.40. The Hall–Kier alpha value is -1.03. The maximum absolute atomic E-state index is 12.2. The van der Waals surface area contributed by atoms with Crippen LogP contribution in [0.2, 0.25) is 0 Å². The van der Waals surface area contributed by atoms with Crippen molar-refractivity contribution in [2.24, 2.45) is 5.41 Å². The summed E-state index contributed by atoms with van der Waals surface area (Å²) < 4.78 is 12.1. The van der Waals surface area contributed by atoms with Gasteiger partial charge < -0.3 is 9.47 Å². The zero-order chi connectivity index (χ0) is 18.8. The Bertz CT molecular complexity index is 464. The first-order valence-electron chi connectivity index (χ1n) is 8.50. The molecule has 24 heavy (non-hydrogen) atoms. The fraction of sp³-hybridized carbons (Fsp3) is 0.650. The number of esters is 1. The van der Waals surface area contributed by atoms with Gasteiger partial charge in [0.1, 0.15) is 11.4 Å². The quantitative estimate of drug-likeness (QED) is 0.187. The molecule has 0 saturated heterocycles. The molecular weight excluding hydrogens is 368 g/mol. The zero-order valence-electron chi connectivity index (χ0n) is 16.1. The molecule has 0 heterocycles. The minimum atomic E-state index is -0.444.